The Kier molecular flexibility index (Phi) is 7.99. The van der Waals surface area contributed by atoms with Crippen LogP contribution in [0.4, 0.5) is 0 Å². The van der Waals surface area contributed by atoms with Crippen molar-refractivity contribution >= 4 is 16.8 Å². The molecule has 4 N–H and O–H groups in total. The molecule has 1 aromatic heterocycles. The third-order valence-corrected chi connectivity index (χ3v) is 4.92. The summed E-state index contributed by atoms with van der Waals surface area (Å²) >= 11 is 0. The van der Waals surface area contributed by atoms with Gasteiger partial charge in [-0.25, -0.2) is 0 Å². The molecule has 4 heteroatoms. The number of aromatic amines is 1. The van der Waals surface area contributed by atoms with E-state index in [2.05, 4.69) is 30.2 Å². The lowest BCUT2D eigenvalue weighted by Gasteiger charge is -2.21. The molecule has 0 aliphatic carbocycles. The van der Waals surface area contributed by atoms with Crippen LogP contribution in [0.15, 0.2) is 30.5 Å². The second-order valence-corrected chi connectivity index (χ2v) is 7.14. The van der Waals surface area contributed by atoms with Gasteiger partial charge in [-0.15, -0.1) is 0 Å². The maximum absolute atomic E-state index is 11.9. The molecule has 0 aliphatic rings. The summed E-state index contributed by atoms with van der Waals surface area (Å²) in [7, 11) is 0. The maximum atomic E-state index is 11.9. The fourth-order valence-electron chi connectivity index (χ4n) is 3.42. The largest absolute Gasteiger partial charge is 0.368 e. The van der Waals surface area contributed by atoms with Crippen LogP contribution in [-0.2, 0) is 11.2 Å². The third kappa shape index (κ3) is 6.20. The molecule has 0 fully saturated rings. The number of amides is 1. The van der Waals surface area contributed by atoms with Crippen molar-refractivity contribution in [2.24, 2.45) is 5.73 Å². The van der Waals surface area contributed by atoms with E-state index in [-0.39, 0.29) is 11.9 Å². The molecule has 138 valence electrons. The van der Waals surface area contributed by atoms with Crippen molar-refractivity contribution in [3.05, 3.63) is 36.0 Å². The van der Waals surface area contributed by atoms with Crippen molar-refractivity contribution in [3.8, 4) is 0 Å². The van der Waals surface area contributed by atoms with Gasteiger partial charge in [-0.3, -0.25) is 4.79 Å². The van der Waals surface area contributed by atoms with Gasteiger partial charge in [-0.2, -0.15) is 0 Å². The quantitative estimate of drug-likeness (QED) is 0.503. The summed E-state index contributed by atoms with van der Waals surface area (Å²) in [6, 6.07) is 8.14. The molecule has 0 saturated heterocycles. The van der Waals surface area contributed by atoms with Crippen molar-refractivity contribution < 1.29 is 4.79 Å². The second kappa shape index (κ2) is 10.2. The van der Waals surface area contributed by atoms with E-state index in [0.29, 0.717) is 12.5 Å². The van der Waals surface area contributed by atoms with Crippen molar-refractivity contribution in [1.29, 1.82) is 0 Å². The van der Waals surface area contributed by atoms with Crippen LogP contribution in [-0.4, -0.2) is 23.0 Å². The van der Waals surface area contributed by atoms with Crippen LogP contribution in [0.2, 0.25) is 0 Å². The van der Waals surface area contributed by atoms with E-state index in [1.54, 1.807) is 0 Å². The molecule has 0 bridgehead atoms. The number of unbranched alkanes of at least 4 members (excludes halogenated alkanes) is 5. The fraction of sp³-hybridized carbons (Fsp3) is 0.571. The Morgan fingerprint density at radius 2 is 1.88 bits per heavy atom. The van der Waals surface area contributed by atoms with Crippen LogP contribution < -0.4 is 11.1 Å². The maximum Gasteiger partial charge on any atom is 0.234 e. The summed E-state index contributed by atoms with van der Waals surface area (Å²) in [4.78, 5) is 15.2. The lowest BCUT2D eigenvalue weighted by molar-refractivity contribution is -0.120. The van der Waals surface area contributed by atoms with Gasteiger partial charge in [-0.1, -0.05) is 63.6 Å². The predicted molar refractivity (Wildman–Crippen MR) is 106 cm³/mol. The van der Waals surface area contributed by atoms with E-state index < -0.39 is 0 Å². The number of fused-ring (bicyclic) bond motifs is 1. The second-order valence-electron chi connectivity index (χ2n) is 7.14. The number of carbonyl (C=O) groups is 1. The third-order valence-electron chi connectivity index (χ3n) is 4.92. The molecule has 1 amide bonds. The normalized spacial score (nSPS) is 13.8. The van der Waals surface area contributed by atoms with E-state index in [0.717, 1.165) is 17.5 Å². The average Bonchev–Trinajstić information content (AvgIpc) is 3.00. The van der Waals surface area contributed by atoms with Gasteiger partial charge < -0.3 is 16.0 Å². The lowest BCUT2D eigenvalue weighted by Crippen LogP contribution is -2.46. The van der Waals surface area contributed by atoms with Crippen LogP contribution in [0, 0.1) is 0 Å². The zero-order valence-electron chi connectivity index (χ0n) is 15.7. The molecule has 2 aromatic rings. The Hall–Kier alpha value is -1.81. The number of hydrogen-bond donors (Lipinski definition) is 3. The van der Waals surface area contributed by atoms with E-state index in [4.69, 9.17) is 5.73 Å². The SMILES string of the molecule is CCCCCCCCC(C)NC(Cc1c[nH]c2ccccc12)C(N)=O. The van der Waals surface area contributed by atoms with Gasteiger partial charge in [0.1, 0.15) is 0 Å². The highest BCUT2D eigenvalue weighted by Crippen LogP contribution is 2.19. The average molecular weight is 344 g/mol. The van der Waals surface area contributed by atoms with Crippen molar-refractivity contribution in [2.45, 2.75) is 77.3 Å². The number of carbonyl (C=O) groups excluding carboxylic acids is 1. The number of nitrogens with one attached hydrogen (secondary N) is 2. The number of benzene rings is 1. The van der Waals surface area contributed by atoms with Crippen molar-refractivity contribution in [3.63, 3.8) is 0 Å². The van der Waals surface area contributed by atoms with E-state index in [1.807, 2.05) is 24.4 Å². The molecule has 0 aliphatic heterocycles. The fourth-order valence-corrected chi connectivity index (χ4v) is 3.42. The first kappa shape index (κ1) is 19.5. The predicted octanol–water partition coefficient (Wildman–Crippen LogP) is 4.29. The van der Waals surface area contributed by atoms with Crippen LogP contribution in [0.5, 0.6) is 0 Å². The zero-order chi connectivity index (χ0) is 18.1. The molecule has 25 heavy (non-hydrogen) atoms. The Morgan fingerprint density at radius 1 is 1.16 bits per heavy atom. The molecule has 0 spiro atoms. The van der Waals surface area contributed by atoms with Crippen LogP contribution >= 0.6 is 0 Å². The van der Waals surface area contributed by atoms with Gasteiger partial charge in [0, 0.05) is 23.1 Å². The molecule has 1 heterocycles. The molecular weight excluding hydrogens is 310 g/mol. The molecule has 2 unspecified atom stereocenters. The summed E-state index contributed by atoms with van der Waals surface area (Å²) in [5.74, 6) is -0.278. The summed E-state index contributed by atoms with van der Waals surface area (Å²) < 4.78 is 0. The summed E-state index contributed by atoms with van der Waals surface area (Å²) in [6.45, 7) is 4.39. The number of H-pyrrole nitrogens is 1. The molecule has 1 aromatic carbocycles. The Labute approximate surface area is 151 Å². The lowest BCUT2D eigenvalue weighted by atomic mass is 10.0. The Bertz CT molecular complexity index is 649. The molecule has 2 atom stereocenters. The first-order valence-electron chi connectivity index (χ1n) is 9.72. The topological polar surface area (TPSA) is 70.9 Å². The minimum absolute atomic E-state index is 0.278. The minimum atomic E-state index is -0.325. The van der Waals surface area contributed by atoms with Crippen molar-refractivity contribution in [1.82, 2.24) is 10.3 Å². The highest BCUT2D eigenvalue weighted by Gasteiger charge is 2.19. The summed E-state index contributed by atoms with van der Waals surface area (Å²) in [6.07, 6.45) is 11.4. The summed E-state index contributed by atoms with van der Waals surface area (Å²) in [5, 5.41) is 4.60. The van der Waals surface area contributed by atoms with E-state index in [1.165, 1.54) is 43.9 Å². The first-order valence-corrected chi connectivity index (χ1v) is 9.72. The summed E-state index contributed by atoms with van der Waals surface area (Å²) in [5.41, 5.74) is 7.88. The van der Waals surface area contributed by atoms with Gasteiger partial charge in [0.05, 0.1) is 6.04 Å². The number of primary amides is 1. The van der Waals surface area contributed by atoms with Gasteiger partial charge in [0.15, 0.2) is 0 Å². The van der Waals surface area contributed by atoms with Crippen molar-refractivity contribution in [2.75, 3.05) is 0 Å². The Balaban J connectivity index is 1.83. The van der Waals surface area contributed by atoms with E-state index in [9.17, 15) is 4.79 Å². The zero-order valence-corrected chi connectivity index (χ0v) is 15.7. The number of aromatic nitrogens is 1. The molecule has 0 radical (unpaired) electrons. The van der Waals surface area contributed by atoms with Gasteiger partial charge in [0.2, 0.25) is 5.91 Å². The first-order chi connectivity index (χ1) is 12.1. The highest BCUT2D eigenvalue weighted by atomic mass is 16.1. The van der Waals surface area contributed by atoms with Crippen LogP contribution in [0.25, 0.3) is 10.9 Å². The van der Waals surface area contributed by atoms with Gasteiger partial charge >= 0.3 is 0 Å². The van der Waals surface area contributed by atoms with E-state index >= 15 is 0 Å². The number of rotatable bonds is 12. The molecular formula is C21H33N3O. The monoisotopic (exact) mass is 343 g/mol. The van der Waals surface area contributed by atoms with Gasteiger partial charge in [0.25, 0.3) is 0 Å². The van der Waals surface area contributed by atoms with Gasteiger partial charge in [-0.05, 0) is 31.4 Å². The van der Waals surface area contributed by atoms with Crippen LogP contribution in [0.1, 0.15) is 64.4 Å². The smallest absolute Gasteiger partial charge is 0.234 e. The molecule has 2 rings (SSSR count). The number of hydrogen-bond acceptors (Lipinski definition) is 2. The Morgan fingerprint density at radius 3 is 2.64 bits per heavy atom. The minimum Gasteiger partial charge on any atom is -0.368 e. The highest BCUT2D eigenvalue weighted by molar-refractivity contribution is 5.85. The standard InChI is InChI=1S/C21H33N3O/c1-3-4-5-6-7-8-11-16(2)24-20(21(22)25)14-17-15-23-19-13-10-9-12-18(17)19/h9-10,12-13,15-16,20,23-24H,3-8,11,14H2,1-2H3,(H2,22,25). The number of nitrogens with two attached hydrogens (primary N) is 1. The molecule has 0 saturated carbocycles. The number of para-hydroxylation sites is 1. The molecule has 4 nitrogen and oxygen atoms in total. The van der Waals surface area contributed by atoms with Crippen LogP contribution in [0.3, 0.4) is 0 Å².